The molecule has 2 rings (SSSR count). The molecule has 0 aliphatic heterocycles. The lowest BCUT2D eigenvalue weighted by atomic mass is 10.0. The van der Waals surface area contributed by atoms with Crippen LogP contribution in [0.25, 0.3) is 5.69 Å². The SMILES string of the molecule is Cc1nn(-c2ccccc2)c(C)c1CNC(=O)[C@@H](N)C(C)C. The van der Waals surface area contributed by atoms with Crippen LogP contribution in [0.5, 0.6) is 0 Å². The normalized spacial score (nSPS) is 12.5. The summed E-state index contributed by atoms with van der Waals surface area (Å²) in [6, 6.07) is 9.48. The largest absolute Gasteiger partial charge is 0.351 e. The van der Waals surface area contributed by atoms with Crippen molar-refractivity contribution in [2.24, 2.45) is 11.7 Å². The Morgan fingerprint density at radius 2 is 1.91 bits per heavy atom. The van der Waals surface area contributed by atoms with Gasteiger partial charge in [0, 0.05) is 17.8 Å². The van der Waals surface area contributed by atoms with Crippen molar-refractivity contribution in [1.82, 2.24) is 15.1 Å². The fourth-order valence-corrected chi connectivity index (χ4v) is 2.35. The number of benzene rings is 1. The summed E-state index contributed by atoms with van der Waals surface area (Å²) in [6.07, 6.45) is 0. The van der Waals surface area contributed by atoms with E-state index < -0.39 is 6.04 Å². The molecule has 3 N–H and O–H groups in total. The van der Waals surface area contributed by atoms with Crippen molar-refractivity contribution in [3.63, 3.8) is 0 Å². The highest BCUT2D eigenvalue weighted by atomic mass is 16.2. The molecule has 0 aliphatic rings. The number of nitrogens with zero attached hydrogens (tertiary/aromatic N) is 2. The molecule has 0 radical (unpaired) electrons. The van der Waals surface area contributed by atoms with Gasteiger partial charge in [-0.2, -0.15) is 5.10 Å². The number of carbonyl (C=O) groups excluding carboxylic acids is 1. The van der Waals surface area contributed by atoms with Crippen LogP contribution in [0, 0.1) is 19.8 Å². The van der Waals surface area contributed by atoms with Crippen LogP contribution in [0.4, 0.5) is 0 Å². The summed E-state index contributed by atoms with van der Waals surface area (Å²) < 4.78 is 1.90. The lowest BCUT2D eigenvalue weighted by molar-refractivity contribution is -0.123. The van der Waals surface area contributed by atoms with E-state index >= 15 is 0 Å². The van der Waals surface area contributed by atoms with E-state index in [1.54, 1.807) is 0 Å². The third-order valence-corrected chi connectivity index (χ3v) is 3.90. The van der Waals surface area contributed by atoms with E-state index in [-0.39, 0.29) is 11.8 Å². The molecule has 5 nitrogen and oxygen atoms in total. The van der Waals surface area contributed by atoms with E-state index in [9.17, 15) is 4.79 Å². The van der Waals surface area contributed by atoms with Gasteiger partial charge in [-0.25, -0.2) is 4.68 Å². The number of nitrogens with two attached hydrogens (primary N) is 1. The van der Waals surface area contributed by atoms with E-state index in [4.69, 9.17) is 5.73 Å². The quantitative estimate of drug-likeness (QED) is 0.888. The molecule has 0 saturated carbocycles. The average Bonchev–Trinajstić information content (AvgIpc) is 2.79. The average molecular weight is 300 g/mol. The summed E-state index contributed by atoms with van der Waals surface area (Å²) >= 11 is 0. The number of nitrogens with one attached hydrogen (secondary N) is 1. The number of aryl methyl sites for hydroxylation is 1. The molecule has 1 amide bonds. The number of carbonyl (C=O) groups is 1. The predicted octanol–water partition coefficient (Wildman–Crippen LogP) is 2.09. The van der Waals surface area contributed by atoms with Crippen LogP contribution >= 0.6 is 0 Å². The monoisotopic (exact) mass is 300 g/mol. The minimum absolute atomic E-state index is 0.120. The van der Waals surface area contributed by atoms with E-state index in [0.29, 0.717) is 6.54 Å². The van der Waals surface area contributed by atoms with Gasteiger partial charge in [0.05, 0.1) is 17.4 Å². The smallest absolute Gasteiger partial charge is 0.237 e. The van der Waals surface area contributed by atoms with Gasteiger partial charge >= 0.3 is 0 Å². The maximum atomic E-state index is 12.0. The predicted molar refractivity (Wildman–Crippen MR) is 87.7 cm³/mol. The van der Waals surface area contributed by atoms with Crippen molar-refractivity contribution < 1.29 is 4.79 Å². The second-order valence-electron chi connectivity index (χ2n) is 5.88. The highest BCUT2D eigenvalue weighted by Crippen LogP contribution is 2.17. The first-order chi connectivity index (χ1) is 10.4. The Morgan fingerprint density at radius 3 is 2.50 bits per heavy atom. The van der Waals surface area contributed by atoms with Crippen molar-refractivity contribution in [3.05, 3.63) is 47.3 Å². The molecular weight excluding hydrogens is 276 g/mol. The summed E-state index contributed by atoms with van der Waals surface area (Å²) in [5, 5.41) is 7.48. The molecule has 0 saturated heterocycles. The number of rotatable bonds is 5. The Balaban J connectivity index is 2.16. The lowest BCUT2D eigenvalue weighted by Crippen LogP contribution is -2.43. The molecule has 2 aromatic rings. The summed E-state index contributed by atoms with van der Waals surface area (Å²) in [4.78, 5) is 12.0. The van der Waals surface area contributed by atoms with Crippen molar-refractivity contribution in [2.75, 3.05) is 0 Å². The summed E-state index contributed by atoms with van der Waals surface area (Å²) in [6.45, 7) is 8.29. The van der Waals surface area contributed by atoms with Gasteiger partial charge in [-0.1, -0.05) is 32.0 Å². The summed E-state index contributed by atoms with van der Waals surface area (Å²) in [5.41, 5.74) is 9.86. The fraction of sp³-hybridized carbons (Fsp3) is 0.412. The molecule has 22 heavy (non-hydrogen) atoms. The third kappa shape index (κ3) is 3.36. The van der Waals surface area contributed by atoms with E-state index in [1.165, 1.54) is 0 Å². The summed E-state index contributed by atoms with van der Waals surface area (Å²) in [5.74, 6) is -0.00417. The van der Waals surface area contributed by atoms with Crippen LogP contribution in [-0.2, 0) is 11.3 Å². The zero-order valence-corrected chi connectivity index (χ0v) is 13.6. The maximum Gasteiger partial charge on any atom is 0.237 e. The lowest BCUT2D eigenvalue weighted by Gasteiger charge is -2.15. The van der Waals surface area contributed by atoms with Crippen LogP contribution in [0.3, 0.4) is 0 Å². The molecule has 1 aromatic heterocycles. The molecule has 0 bridgehead atoms. The fourth-order valence-electron chi connectivity index (χ4n) is 2.35. The first kappa shape index (κ1) is 16.2. The summed E-state index contributed by atoms with van der Waals surface area (Å²) in [7, 11) is 0. The van der Waals surface area contributed by atoms with Crippen LogP contribution in [0.1, 0.15) is 30.8 Å². The molecule has 1 heterocycles. The Hall–Kier alpha value is -2.14. The Morgan fingerprint density at radius 1 is 1.27 bits per heavy atom. The minimum atomic E-state index is -0.482. The van der Waals surface area contributed by atoms with Crippen molar-refractivity contribution in [3.8, 4) is 5.69 Å². The molecular formula is C17H24N4O. The maximum absolute atomic E-state index is 12.0. The first-order valence-electron chi connectivity index (χ1n) is 7.55. The number of hydrogen-bond donors (Lipinski definition) is 2. The minimum Gasteiger partial charge on any atom is -0.351 e. The van der Waals surface area contributed by atoms with Gasteiger partial charge in [0.25, 0.3) is 0 Å². The van der Waals surface area contributed by atoms with Gasteiger partial charge in [0.1, 0.15) is 0 Å². The van der Waals surface area contributed by atoms with Gasteiger partial charge < -0.3 is 11.1 Å². The van der Waals surface area contributed by atoms with Crippen molar-refractivity contribution in [1.29, 1.82) is 0 Å². The first-order valence-corrected chi connectivity index (χ1v) is 7.55. The second kappa shape index (κ2) is 6.75. The zero-order valence-electron chi connectivity index (χ0n) is 13.6. The molecule has 0 aliphatic carbocycles. The van der Waals surface area contributed by atoms with Crippen LogP contribution in [0.15, 0.2) is 30.3 Å². The third-order valence-electron chi connectivity index (χ3n) is 3.90. The van der Waals surface area contributed by atoms with Crippen LogP contribution < -0.4 is 11.1 Å². The Labute approximate surface area is 131 Å². The highest BCUT2D eigenvalue weighted by Gasteiger charge is 2.18. The van der Waals surface area contributed by atoms with Gasteiger partial charge in [-0.15, -0.1) is 0 Å². The van der Waals surface area contributed by atoms with E-state index in [1.807, 2.05) is 62.7 Å². The van der Waals surface area contributed by atoms with Gasteiger partial charge in [0.2, 0.25) is 5.91 Å². The number of amides is 1. The molecule has 1 aromatic carbocycles. The second-order valence-corrected chi connectivity index (χ2v) is 5.88. The topological polar surface area (TPSA) is 72.9 Å². The Kier molecular flexibility index (Phi) is 4.98. The zero-order chi connectivity index (χ0) is 16.3. The molecule has 1 atom stereocenters. The molecule has 0 spiro atoms. The van der Waals surface area contributed by atoms with Crippen molar-refractivity contribution in [2.45, 2.75) is 40.3 Å². The van der Waals surface area contributed by atoms with E-state index in [2.05, 4.69) is 10.4 Å². The van der Waals surface area contributed by atoms with Gasteiger partial charge in [-0.3, -0.25) is 4.79 Å². The van der Waals surface area contributed by atoms with Crippen LogP contribution in [-0.4, -0.2) is 21.7 Å². The van der Waals surface area contributed by atoms with E-state index in [0.717, 1.165) is 22.6 Å². The van der Waals surface area contributed by atoms with Gasteiger partial charge in [-0.05, 0) is 31.9 Å². The van der Waals surface area contributed by atoms with Crippen LogP contribution in [0.2, 0.25) is 0 Å². The number of hydrogen-bond acceptors (Lipinski definition) is 3. The molecule has 5 heteroatoms. The van der Waals surface area contributed by atoms with Gasteiger partial charge in [0.15, 0.2) is 0 Å². The standard InChI is InChI=1S/C17H24N4O/c1-11(2)16(18)17(22)19-10-15-12(3)20-21(13(15)4)14-8-6-5-7-9-14/h5-9,11,16H,10,18H2,1-4H3,(H,19,22)/t16-/m0/s1. The number of para-hydroxylation sites is 1. The van der Waals surface area contributed by atoms with Crippen molar-refractivity contribution >= 4 is 5.91 Å². The highest BCUT2D eigenvalue weighted by molar-refractivity contribution is 5.81. The Bertz CT molecular complexity index is 646. The number of aromatic nitrogens is 2. The molecule has 0 unspecified atom stereocenters. The molecule has 0 fully saturated rings. The molecule has 118 valence electrons.